The maximum absolute atomic E-state index is 12.2. The summed E-state index contributed by atoms with van der Waals surface area (Å²) in [4.78, 5) is 16.3. The van der Waals surface area contributed by atoms with E-state index in [1.165, 1.54) is 17.7 Å². The minimum absolute atomic E-state index is 0.201. The zero-order valence-electron chi connectivity index (χ0n) is 15.0. The molecule has 132 valence electrons. The molecule has 1 unspecified atom stereocenters. The SMILES string of the molecule is CC(C)(C)OC(=O)N1CCN(c2cccc(C3CCNC3)c2)CC1. The molecule has 2 aliphatic heterocycles. The Morgan fingerprint density at radius 3 is 2.58 bits per heavy atom. The van der Waals surface area contributed by atoms with E-state index in [-0.39, 0.29) is 6.09 Å². The summed E-state index contributed by atoms with van der Waals surface area (Å²) in [5.41, 5.74) is 2.26. The van der Waals surface area contributed by atoms with Gasteiger partial charge in [0.25, 0.3) is 0 Å². The van der Waals surface area contributed by atoms with Gasteiger partial charge < -0.3 is 19.9 Å². The summed E-state index contributed by atoms with van der Waals surface area (Å²) in [6.07, 6.45) is 1.02. The van der Waals surface area contributed by atoms with Gasteiger partial charge in [-0.15, -0.1) is 0 Å². The zero-order valence-corrected chi connectivity index (χ0v) is 15.0. The van der Waals surface area contributed by atoms with Crippen molar-refractivity contribution in [3.63, 3.8) is 0 Å². The lowest BCUT2D eigenvalue weighted by molar-refractivity contribution is 0.0240. The van der Waals surface area contributed by atoms with Crippen LogP contribution in [0.25, 0.3) is 0 Å². The second-order valence-electron chi connectivity index (χ2n) is 7.74. The van der Waals surface area contributed by atoms with E-state index in [1.54, 1.807) is 0 Å². The number of anilines is 1. The van der Waals surface area contributed by atoms with Gasteiger partial charge in [-0.25, -0.2) is 4.79 Å². The lowest BCUT2D eigenvalue weighted by atomic mass is 9.98. The molecule has 1 aromatic rings. The standard InChI is InChI=1S/C19H29N3O2/c1-19(2,3)24-18(23)22-11-9-21(10-12-22)17-6-4-5-15(13-17)16-7-8-20-14-16/h4-6,13,16,20H,7-12,14H2,1-3H3. The van der Waals surface area contributed by atoms with Crippen molar-refractivity contribution < 1.29 is 9.53 Å². The number of ether oxygens (including phenoxy) is 1. The number of carbonyl (C=O) groups is 1. The van der Waals surface area contributed by atoms with Gasteiger partial charge in [0.05, 0.1) is 0 Å². The highest BCUT2D eigenvalue weighted by Crippen LogP contribution is 2.27. The second-order valence-corrected chi connectivity index (χ2v) is 7.74. The van der Waals surface area contributed by atoms with Gasteiger partial charge in [0.2, 0.25) is 0 Å². The van der Waals surface area contributed by atoms with E-state index in [1.807, 2.05) is 25.7 Å². The highest BCUT2D eigenvalue weighted by Gasteiger charge is 2.26. The van der Waals surface area contributed by atoms with Crippen LogP contribution in [0.1, 0.15) is 38.7 Å². The lowest BCUT2D eigenvalue weighted by Gasteiger charge is -2.37. The molecule has 0 aliphatic carbocycles. The fourth-order valence-electron chi connectivity index (χ4n) is 3.39. The number of hydrogen-bond acceptors (Lipinski definition) is 4. The van der Waals surface area contributed by atoms with E-state index >= 15 is 0 Å². The summed E-state index contributed by atoms with van der Waals surface area (Å²) < 4.78 is 5.47. The van der Waals surface area contributed by atoms with E-state index in [9.17, 15) is 4.79 Å². The van der Waals surface area contributed by atoms with Gasteiger partial charge in [-0.3, -0.25) is 0 Å². The quantitative estimate of drug-likeness (QED) is 0.905. The first-order valence-electron chi connectivity index (χ1n) is 8.96. The minimum atomic E-state index is -0.433. The van der Waals surface area contributed by atoms with Crippen molar-refractivity contribution in [2.24, 2.45) is 0 Å². The van der Waals surface area contributed by atoms with Crippen molar-refractivity contribution in [3.05, 3.63) is 29.8 Å². The van der Waals surface area contributed by atoms with Crippen molar-refractivity contribution in [1.82, 2.24) is 10.2 Å². The van der Waals surface area contributed by atoms with Crippen LogP contribution in [-0.4, -0.2) is 55.9 Å². The second kappa shape index (κ2) is 7.01. The molecule has 1 aromatic carbocycles. The van der Waals surface area contributed by atoms with E-state index in [0.717, 1.165) is 26.2 Å². The summed E-state index contributed by atoms with van der Waals surface area (Å²) in [5.74, 6) is 0.632. The Hall–Kier alpha value is -1.75. The predicted molar refractivity (Wildman–Crippen MR) is 96.7 cm³/mol. The maximum Gasteiger partial charge on any atom is 0.410 e. The molecule has 2 saturated heterocycles. The van der Waals surface area contributed by atoms with Gasteiger partial charge in [0, 0.05) is 38.4 Å². The first-order valence-corrected chi connectivity index (χ1v) is 8.96. The molecule has 2 fully saturated rings. The minimum Gasteiger partial charge on any atom is -0.444 e. The van der Waals surface area contributed by atoms with Gasteiger partial charge >= 0.3 is 6.09 Å². The molecule has 5 nitrogen and oxygen atoms in total. The first-order chi connectivity index (χ1) is 11.4. The Balaban J connectivity index is 1.58. The number of benzene rings is 1. The van der Waals surface area contributed by atoms with Crippen LogP contribution in [0.2, 0.25) is 0 Å². The van der Waals surface area contributed by atoms with Crippen LogP contribution in [0.15, 0.2) is 24.3 Å². The van der Waals surface area contributed by atoms with E-state index in [0.29, 0.717) is 19.0 Å². The average Bonchev–Trinajstić information content (AvgIpc) is 3.08. The highest BCUT2D eigenvalue weighted by molar-refractivity contribution is 5.68. The monoisotopic (exact) mass is 331 g/mol. The Labute approximate surface area is 145 Å². The summed E-state index contributed by atoms with van der Waals surface area (Å²) >= 11 is 0. The third-order valence-corrected chi connectivity index (χ3v) is 4.70. The number of hydrogen-bond donors (Lipinski definition) is 1. The van der Waals surface area contributed by atoms with Crippen LogP contribution < -0.4 is 10.2 Å². The van der Waals surface area contributed by atoms with Crippen LogP contribution in [0.5, 0.6) is 0 Å². The van der Waals surface area contributed by atoms with Crippen molar-refractivity contribution in [2.75, 3.05) is 44.2 Å². The molecule has 0 bridgehead atoms. The molecule has 2 aliphatic rings. The lowest BCUT2D eigenvalue weighted by Crippen LogP contribution is -2.50. The smallest absolute Gasteiger partial charge is 0.410 e. The molecule has 1 atom stereocenters. The molecule has 24 heavy (non-hydrogen) atoms. The summed E-state index contributed by atoms with van der Waals surface area (Å²) in [6.45, 7) is 11.0. The van der Waals surface area contributed by atoms with Crippen molar-refractivity contribution in [2.45, 2.75) is 38.7 Å². The molecule has 2 heterocycles. The third kappa shape index (κ3) is 4.20. The van der Waals surface area contributed by atoms with Crippen molar-refractivity contribution >= 4 is 11.8 Å². The molecular formula is C19H29N3O2. The first kappa shape index (κ1) is 17.1. The van der Waals surface area contributed by atoms with Crippen LogP contribution in [0.4, 0.5) is 10.5 Å². The van der Waals surface area contributed by atoms with E-state index in [4.69, 9.17) is 4.74 Å². The zero-order chi connectivity index (χ0) is 17.2. The van der Waals surface area contributed by atoms with Crippen molar-refractivity contribution in [3.8, 4) is 0 Å². The number of piperazine rings is 1. The van der Waals surface area contributed by atoms with Crippen LogP contribution in [-0.2, 0) is 4.74 Å². The maximum atomic E-state index is 12.2. The van der Waals surface area contributed by atoms with Gasteiger partial charge in [-0.1, -0.05) is 12.1 Å². The Bertz CT molecular complexity index is 568. The molecule has 0 saturated carbocycles. The number of amides is 1. The highest BCUT2D eigenvalue weighted by atomic mass is 16.6. The third-order valence-electron chi connectivity index (χ3n) is 4.70. The number of nitrogens with one attached hydrogen (secondary N) is 1. The summed E-state index contributed by atoms with van der Waals surface area (Å²) in [5, 5.41) is 3.43. The number of rotatable bonds is 2. The fraction of sp³-hybridized carbons (Fsp3) is 0.632. The molecule has 0 spiro atoms. The number of nitrogens with zero attached hydrogens (tertiary/aromatic N) is 2. The Morgan fingerprint density at radius 2 is 1.96 bits per heavy atom. The molecule has 0 radical (unpaired) electrons. The molecule has 3 rings (SSSR count). The van der Waals surface area contributed by atoms with Gasteiger partial charge in [0.15, 0.2) is 0 Å². The normalized spacial score (nSPS) is 21.9. The van der Waals surface area contributed by atoms with Crippen LogP contribution in [0.3, 0.4) is 0 Å². The van der Waals surface area contributed by atoms with Crippen LogP contribution in [0, 0.1) is 0 Å². The molecule has 1 N–H and O–H groups in total. The molecular weight excluding hydrogens is 302 g/mol. The Morgan fingerprint density at radius 1 is 1.21 bits per heavy atom. The van der Waals surface area contributed by atoms with E-state index < -0.39 is 5.60 Å². The van der Waals surface area contributed by atoms with E-state index in [2.05, 4.69) is 34.5 Å². The van der Waals surface area contributed by atoms with Gasteiger partial charge in [-0.05, 0) is 57.4 Å². The van der Waals surface area contributed by atoms with Gasteiger partial charge in [-0.2, -0.15) is 0 Å². The predicted octanol–water partition coefficient (Wildman–Crippen LogP) is 2.82. The molecule has 1 amide bonds. The van der Waals surface area contributed by atoms with Crippen LogP contribution >= 0.6 is 0 Å². The molecule has 0 aromatic heterocycles. The largest absolute Gasteiger partial charge is 0.444 e. The van der Waals surface area contributed by atoms with Gasteiger partial charge in [0.1, 0.15) is 5.60 Å². The topological polar surface area (TPSA) is 44.8 Å². The van der Waals surface area contributed by atoms with Crippen molar-refractivity contribution in [1.29, 1.82) is 0 Å². The number of carbonyl (C=O) groups excluding carboxylic acids is 1. The average molecular weight is 331 g/mol. The molecule has 5 heteroatoms. The summed E-state index contributed by atoms with van der Waals surface area (Å²) in [6, 6.07) is 8.89. The Kier molecular flexibility index (Phi) is 4.99. The summed E-state index contributed by atoms with van der Waals surface area (Å²) in [7, 11) is 0. The fourth-order valence-corrected chi connectivity index (χ4v) is 3.39.